The molecule has 0 radical (unpaired) electrons. The Morgan fingerprint density at radius 2 is 1.91 bits per heavy atom. The molecule has 0 aromatic heterocycles. The van der Waals surface area contributed by atoms with Crippen LogP contribution in [-0.4, -0.2) is 55.1 Å². The average molecular weight is 323 g/mol. The lowest BCUT2D eigenvalue weighted by atomic mass is 9.96. The predicted molar refractivity (Wildman–Crippen MR) is 86.9 cm³/mol. The third kappa shape index (κ3) is 4.00. The zero-order chi connectivity index (χ0) is 15.4. The smallest absolute Gasteiger partial charge is 0.227 e. The maximum absolute atomic E-state index is 12.6. The Bertz CT molecular complexity index is 500. The van der Waals surface area contributed by atoms with Crippen LogP contribution < -0.4 is 0 Å². The average Bonchev–Trinajstić information content (AvgIpc) is 2.57. The lowest BCUT2D eigenvalue weighted by molar-refractivity contribution is -0.141. The minimum Gasteiger partial charge on any atom is -0.378 e. The van der Waals surface area contributed by atoms with E-state index >= 15 is 0 Å². The molecule has 0 bridgehead atoms. The molecule has 1 aromatic carbocycles. The Hall–Kier alpha value is -1.10. The molecule has 4 nitrogen and oxygen atoms in total. The van der Waals surface area contributed by atoms with Crippen LogP contribution in [0.2, 0.25) is 5.02 Å². The first-order valence-electron chi connectivity index (χ1n) is 8.06. The van der Waals surface area contributed by atoms with Gasteiger partial charge in [-0.15, -0.1) is 0 Å². The van der Waals surface area contributed by atoms with Gasteiger partial charge in [-0.2, -0.15) is 0 Å². The second kappa shape index (κ2) is 7.44. The number of hydrogen-bond acceptors (Lipinski definition) is 3. The Morgan fingerprint density at radius 3 is 2.64 bits per heavy atom. The number of nitrogens with zero attached hydrogens (tertiary/aromatic N) is 2. The molecule has 0 saturated carbocycles. The third-order valence-corrected chi connectivity index (χ3v) is 4.75. The SMILES string of the molecule is O=C(C1CCCN(Cc2ccc(Cl)cc2)C1)N1CCOCC1. The van der Waals surface area contributed by atoms with E-state index in [1.807, 2.05) is 17.0 Å². The van der Waals surface area contributed by atoms with Crippen molar-refractivity contribution in [3.05, 3.63) is 34.9 Å². The number of amides is 1. The largest absolute Gasteiger partial charge is 0.378 e. The maximum Gasteiger partial charge on any atom is 0.227 e. The summed E-state index contributed by atoms with van der Waals surface area (Å²) in [5.41, 5.74) is 1.25. The normalized spacial score (nSPS) is 23.5. The van der Waals surface area contributed by atoms with Crippen molar-refractivity contribution >= 4 is 17.5 Å². The fourth-order valence-corrected chi connectivity index (χ4v) is 3.42. The van der Waals surface area contributed by atoms with Crippen LogP contribution in [0.3, 0.4) is 0 Å². The zero-order valence-electron chi connectivity index (χ0n) is 12.8. The third-order valence-electron chi connectivity index (χ3n) is 4.50. The summed E-state index contributed by atoms with van der Waals surface area (Å²) < 4.78 is 5.33. The first-order chi connectivity index (χ1) is 10.7. The minimum atomic E-state index is 0.138. The molecule has 2 aliphatic rings. The van der Waals surface area contributed by atoms with Gasteiger partial charge in [0.1, 0.15) is 0 Å². The van der Waals surface area contributed by atoms with Crippen molar-refractivity contribution in [1.29, 1.82) is 0 Å². The molecule has 1 atom stereocenters. The van der Waals surface area contributed by atoms with Gasteiger partial charge in [-0.25, -0.2) is 0 Å². The van der Waals surface area contributed by atoms with Crippen LogP contribution in [0.25, 0.3) is 0 Å². The van der Waals surface area contributed by atoms with E-state index in [4.69, 9.17) is 16.3 Å². The van der Waals surface area contributed by atoms with Gasteiger partial charge >= 0.3 is 0 Å². The molecule has 0 aliphatic carbocycles. The molecule has 2 fully saturated rings. The topological polar surface area (TPSA) is 32.8 Å². The van der Waals surface area contributed by atoms with Crippen molar-refractivity contribution in [2.75, 3.05) is 39.4 Å². The van der Waals surface area contributed by atoms with Crippen LogP contribution in [0.1, 0.15) is 18.4 Å². The molecular formula is C17H23ClN2O2. The van der Waals surface area contributed by atoms with Crippen molar-refractivity contribution in [1.82, 2.24) is 9.80 Å². The highest BCUT2D eigenvalue weighted by Crippen LogP contribution is 2.21. The van der Waals surface area contributed by atoms with E-state index in [1.54, 1.807) is 0 Å². The lowest BCUT2D eigenvalue weighted by Crippen LogP contribution is -2.48. The summed E-state index contributed by atoms with van der Waals surface area (Å²) in [7, 11) is 0. The van der Waals surface area contributed by atoms with Crippen molar-refractivity contribution in [3.63, 3.8) is 0 Å². The van der Waals surface area contributed by atoms with Gasteiger partial charge in [-0.05, 0) is 37.1 Å². The molecule has 2 heterocycles. The van der Waals surface area contributed by atoms with Gasteiger partial charge in [-0.3, -0.25) is 9.69 Å². The van der Waals surface area contributed by atoms with Crippen LogP contribution in [-0.2, 0) is 16.1 Å². The molecule has 2 saturated heterocycles. The van der Waals surface area contributed by atoms with E-state index in [0.717, 1.165) is 50.6 Å². The van der Waals surface area contributed by atoms with Gasteiger partial charge in [0.05, 0.1) is 19.1 Å². The lowest BCUT2D eigenvalue weighted by Gasteiger charge is -2.36. The highest BCUT2D eigenvalue weighted by Gasteiger charge is 2.29. The summed E-state index contributed by atoms with van der Waals surface area (Å²) >= 11 is 5.93. The van der Waals surface area contributed by atoms with Crippen LogP contribution in [0.4, 0.5) is 0 Å². The van der Waals surface area contributed by atoms with Gasteiger partial charge < -0.3 is 9.64 Å². The number of benzene rings is 1. The molecule has 1 aromatic rings. The quantitative estimate of drug-likeness (QED) is 0.856. The Balaban J connectivity index is 1.56. The molecule has 2 aliphatic heterocycles. The standard InChI is InChI=1S/C17H23ClN2O2/c18-16-5-3-14(4-6-16)12-19-7-1-2-15(13-19)17(21)20-8-10-22-11-9-20/h3-6,15H,1-2,7-13H2. The number of piperidine rings is 1. The van der Waals surface area contributed by atoms with Crippen molar-refractivity contribution < 1.29 is 9.53 Å². The Labute approximate surface area is 137 Å². The Kier molecular flexibility index (Phi) is 5.34. The summed E-state index contributed by atoms with van der Waals surface area (Å²) in [6.45, 7) is 5.65. The number of carbonyl (C=O) groups excluding carboxylic acids is 1. The Morgan fingerprint density at radius 1 is 1.18 bits per heavy atom. The number of ether oxygens (including phenoxy) is 1. The highest BCUT2D eigenvalue weighted by atomic mass is 35.5. The number of halogens is 1. The van der Waals surface area contributed by atoms with Crippen LogP contribution in [0, 0.1) is 5.92 Å². The monoisotopic (exact) mass is 322 g/mol. The van der Waals surface area contributed by atoms with E-state index in [9.17, 15) is 4.79 Å². The van der Waals surface area contributed by atoms with Gasteiger partial charge in [0, 0.05) is 31.2 Å². The van der Waals surface area contributed by atoms with Gasteiger partial charge in [-0.1, -0.05) is 23.7 Å². The summed E-state index contributed by atoms with van der Waals surface area (Å²) in [5.74, 6) is 0.447. The molecule has 120 valence electrons. The number of rotatable bonds is 3. The van der Waals surface area contributed by atoms with Gasteiger partial charge in [0.2, 0.25) is 5.91 Å². The van der Waals surface area contributed by atoms with E-state index in [-0.39, 0.29) is 5.92 Å². The van der Waals surface area contributed by atoms with Crippen molar-refractivity contribution in [3.8, 4) is 0 Å². The summed E-state index contributed by atoms with van der Waals surface area (Å²) in [5, 5.41) is 0.766. The molecular weight excluding hydrogens is 300 g/mol. The predicted octanol–water partition coefficient (Wildman–Crippen LogP) is 2.41. The highest BCUT2D eigenvalue weighted by molar-refractivity contribution is 6.30. The number of carbonyl (C=O) groups is 1. The van der Waals surface area contributed by atoms with Crippen LogP contribution in [0.5, 0.6) is 0 Å². The fourth-order valence-electron chi connectivity index (χ4n) is 3.29. The number of hydrogen-bond donors (Lipinski definition) is 0. The number of likely N-dealkylation sites (tertiary alicyclic amines) is 1. The molecule has 0 N–H and O–H groups in total. The second-order valence-electron chi connectivity index (χ2n) is 6.14. The van der Waals surface area contributed by atoms with Crippen LogP contribution >= 0.6 is 11.6 Å². The molecule has 3 rings (SSSR count). The van der Waals surface area contributed by atoms with Gasteiger partial charge in [0.15, 0.2) is 0 Å². The summed E-state index contributed by atoms with van der Waals surface area (Å²) in [4.78, 5) is 17.0. The van der Waals surface area contributed by atoms with Crippen molar-refractivity contribution in [2.45, 2.75) is 19.4 Å². The van der Waals surface area contributed by atoms with Crippen LogP contribution in [0.15, 0.2) is 24.3 Å². The molecule has 5 heteroatoms. The molecule has 0 spiro atoms. The first-order valence-corrected chi connectivity index (χ1v) is 8.43. The summed E-state index contributed by atoms with van der Waals surface area (Å²) in [6, 6.07) is 7.99. The second-order valence-corrected chi connectivity index (χ2v) is 6.57. The van der Waals surface area contributed by atoms with Crippen molar-refractivity contribution in [2.24, 2.45) is 5.92 Å². The van der Waals surface area contributed by atoms with E-state index in [2.05, 4.69) is 17.0 Å². The zero-order valence-corrected chi connectivity index (χ0v) is 13.6. The van der Waals surface area contributed by atoms with E-state index < -0.39 is 0 Å². The van der Waals surface area contributed by atoms with E-state index in [0.29, 0.717) is 19.1 Å². The van der Waals surface area contributed by atoms with E-state index in [1.165, 1.54) is 5.56 Å². The van der Waals surface area contributed by atoms with Gasteiger partial charge in [0.25, 0.3) is 0 Å². The minimum absolute atomic E-state index is 0.138. The summed E-state index contributed by atoms with van der Waals surface area (Å²) in [6.07, 6.45) is 2.10. The molecule has 1 amide bonds. The molecule has 1 unspecified atom stereocenters. The maximum atomic E-state index is 12.6. The molecule has 22 heavy (non-hydrogen) atoms. The first kappa shape index (κ1) is 15.8. The fraction of sp³-hybridized carbons (Fsp3) is 0.588. The number of morpholine rings is 1.